The topological polar surface area (TPSA) is 95.9 Å². The van der Waals surface area contributed by atoms with Crippen LogP contribution in [0, 0.1) is 5.92 Å². The maximum absolute atomic E-state index is 11.4. The molecule has 6 nitrogen and oxygen atoms in total. The molecule has 0 radical (unpaired) electrons. The van der Waals surface area contributed by atoms with Crippen LogP contribution in [0.4, 0.5) is 4.79 Å². The van der Waals surface area contributed by atoms with E-state index in [4.69, 9.17) is 9.84 Å². The van der Waals surface area contributed by atoms with E-state index in [0.717, 1.165) is 5.56 Å². The number of nitrogens with one attached hydrogen (secondary N) is 1. The van der Waals surface area contributed by atoms with Crippen molar-refractivity contribution in [3.8, 4) is 0 Å². The third kappa shape index (κ3) is 2.78. The molecule has 1 aromatic rings. The summed E-state index contributed by atoms with van der Waals surface area (Å²) in [6.07, 6.45) is -0.826. The summed E-state index contributed by atoms with van der Waals surface area (Å²) in [6, 6.07) is 9.04. The average Bonchev–Trinajstić information content (AvgIpc) is 3.00. The zero-order valence-electron chi connectivity index (χ0n) is 9.50. The van der Waals surface area contributed by atoms with Gasteiger partial charge in [0.05, 0.1) is 0 Å². The SMILES string of the molecule is O=C(NC1(O)CC1C(=O)O)OCc1ccccc1. The lowest BCUT2D eigenvalue weighted by Gasteiger charge is -2.12. The second kappa shape index (κ2) is 4.66. The summed E-state index contributed by atoms with van der Waals surface area (Å²) in [5.74, 6) is -2.09. The molecule has 1 fully saturated rings. The first-order chi connectivity index (χ1) is 8.51. The van der Waals surface area contributed by atoms with E-state index in [2.05, 4.69) is 5.32 Å². The molecule has 1 saturated carbocycles. The first-order valence-electron chi connectivity index (χ1n) is 5.45. The maximum atomic E-state index is 11.4. The Morgan fingerprint density at radius 1 is 1.39 bits per heavy atom. The minimum absolute atomic E-state index is 0.00275. The van der Waals surface area contributed by atoms with Gasteiger partial charge in [-0.1, -0.05) is 30.3 Å². The van der Waals surface area contributed by atoms with Crippen LogP contribution in [0.3, 0.4) is 0 Å². The number of carbonyl (C=O) groups is 2. The van der Waals surface area contributed by atoms with Crippen molar-refractivity contribution >= 4 is 12.1 Å². The highest BCUT2D eigenvalue weighted by Gasteiger charge is 2.59. The molecule has 2 rings (SSSR count). The first-order valence-corrected chi connectivity index (χ1v) is 5.45. The number of hydrogen-bond donors (Lipinski definition) is 3. The fourth-order valence-corrected chi connectivity index (χ4v) is 1.62. The number of amides is 1. The monoisotopic (exact) mass is 251 g/mol. The Bertz CT molecular complexity index is 461. The molecule has 3 N–H and O–H groups in total. The van der Waals surface area contributed by atoms with Gasteiger partial charge in [0.1, 0.15) is 12.5 Å². The summed E-state index contributed by atoms with van der Waals surface area (Å²) in [5, 5.41) is 20.4. The van der Waals surface area contributed by atoms with Crippen molar-refractivity contribution in [1.82, 2.24) is 5.32 Å². The summed E-state index contributed by atoms with van der Waals surface area (Å²) in [6.45, 7) is 0.0699. The van der Waals surface area contributed by atoms with Gasteiger partial charge in [-0.25, -0.2) is 4.79 Å². The number of carbonyl (C=O) groups excluding carboxylic acids is 1. The van der Waals surface area contributed by atoms with E-state index < -0.39 is 23.7 Å². The quantitative estimate of drug-likeness (QED) is 0.685. The molecule has 2 atom stereocenters. The number of alkyl carbamates (subject to hydrolysis) is 1. The summed E-state index contributed by atoms with van der Waals surface area (Å²) >= 11 is 0. The number of hydrogen-bond acceptors (Lipinski definition) is 4. The fourth-order valence-electron chi connectivity index (χ4n) is 1.62. The van der Waals surface area contributed by atoms with E-state index >= 15 is 0 Å². The molecule has 1 aromatic carbocycles. The molecule has 1 amide bonds. The lowest BCUT2D eigenvalue weighted by Crippen LogP contribution is -2.39. The van der Waals surface area contributed by atoms with Crippen LogP contribution < -0.4 is 5.32 Å². The molecule has 2 unspecified atom stereocenters. The van der Waals surface area contributed by atoms with Gasteiger partial charge in [-0.05, 0) is 5.56 Å². The highest BCUT2D eigenvalue weighted by atomic mass is 16.6. The Morgan fingerprint density at radius 3 is 2.61 bits per heavy atom. The molecule has 1 aliphatic carbocycles. The van der Waals surface area contributed by atoms with Crippen LogP contribution in [0.2, 0.25) is 0 Å². The molecule has 6 heteroatoms. The van der Waals surface area contributed by atoms with Crippen molar-refractivity contribution in [3.05, 3.63) is 35.9 Å². The molecule has 18 heavy (non-hydrogen) atoms. The number of carboxylic acids is 1. The van der Waals surface area contributed by atoms with Crippen LogP contribution in [0.25, 0.3) is 0 Å². The van der Waals surface area contributed by atoms with E-state index in [0.29, 0.717) is 0 Å². The van der Waals surface area contributed by atoms with Crippen molar-refractivity contribution < 1.29 is 24.5 Å². The van der Waals surface area contributed by atoms with Crippen molar-refractivity contribution in [2.75, 3.05) is 0 Å². The van der Waals surface area contributed by atoms with E-state index in [1.165, 1.54) is 0 Å². The molecule has 96 valence electrons. The number of aliphatic carboxylic acids is 1. The van der Waals surface area contributed by atoms with Crippen LogP contribution in [-0.4, -0.2) is 28.0 Å². The van der Waals surface area contributed by atoms with Gasteiger partial charge in [-0.2, -0.15) is 0 Å². The first kappa shape index (κ1) is 12.4. The Morgan fingerprint density at radius 2 is 2.06 bits per heavy atom. The number of carboxylic acid groups (broad SMARTS) is 1. The van der Waals surface area contributed by atoms with E-state index in [1.807, 2.05) is 18.2 Å². The van der Waals surface area contributed by atoms with Crippen LogP contribution >= 0.6 is 0 Å². The minimum Gasteiger partial charge on any atom is -0.481 e. The van der Waals surface area contributed by atoms with Crippen LogP contribution in [-0.2, 0) is 16.1 Å². The lowest BCUT2D eigenvalue weighted by atomic mass is 10.2. The molecular formula is C12H13NO5. The van der Waals surface area contributed by atoms with Gasteiger partial charge < -0.3 is 14.9 Å². The molecule has 1 aliphatic rings. The maximum Gasteiger partial charge on any atom is 0.409 e. The summed E-state index contributed by atoms with van der Waals surface area (Å²) < 4.78 is 4.87. The van der Waals surface area contributed by atoms with Crippen LogP contribution in [0.15, 0.2) is 30.3 Å². The van der Waals surface area contributed by atoms with Gasteiger partial charge in [-0.15, -0.1) is 0 Å². The smallest absolute Gasteiger partial charge is 0.409 e. The molecular weight excluding hydrogens is 238 g/mol. The molecule has 0 aliphatic heterocycles. The fraction of sp³-hybridized carbons (Fsp3) is 0.333. The standard InChI is InChI=1S/C12H13NO5/c14-10(15)9-6-12(9,17)13-11(16)18-7-8-4-2-1-3-5-8/h1-5,9,17H,6-7H2,(H,13,16)(H,14,15). The predicted octanol–water partition coefficient (Wildman–Crippen LogP) is 0.706. The number of benzene rings is 1. The molecule has 0 bridgehead atoms. The van der Waals surface area contributed by atoms with Crippen molar-refractivity contribution in [1.29, 1.82) is 0 Å². The third-order valence-electron chi connectivity index (χ3n) is 2.76. The highest BCUT2D eigenvalue weighted by Crippen LogP contribution is 2.40. The van der Waals surface area contributed by atoms with E-state index in [1.54, 1.807) is 12.1 Å². The number of ether oxygens (including phenoxy) is 1. The second-order valence-electron chi connectivity index (χ2n) is 4.21. The lowest BCUT2D eigenvalue weighted by molar-refractivity contribution is -0.140. The summed E-state index contributed by atoms with van der Waals surface area (Å²) in [4.78, 5) is 21.9. The van der Waals surface area contributed by atoms with Crippen molar-refractivity contribution in [2.45, 2.75) is 18.8 Å². The van der Waals surface area contributed by atoms with Crippen LogP contribution in [0.1, 0.15) is 12.0 Å². The Kier molecular flexibility index (Phi) is 3.20. The predicted molar refractivity (Wildman–Crippen MR) is 60.5 cm³/mol. The minimum atomic E-state index is -1.67. The normalized spacial score (nSPS) is 25.3. The number of rotatable bonds is 4. The van der Waals surface area contributed by atoms with E-state index in [9.17, 15) is 14.7 Å². The zero-order valence-corrected chi connectivity index (χ0v) is 9.50. The van der Waals surface area contributed by atoms with Gasteiger partial charge in [0.2, 0.25) is 0 Å². The molecule has 0 spiro atoms. The number of aliphatic hydroxyl groups is 1. The molecule has 0 saturated heterocycles. The van der Waals surface area contributed by atoms with Gasteiger partial charge >= 0.3 is 12.1 Å². The van der Waals surface area contributed by atoms with Gasteiger partial charge in [0.15, 0.2) is 5.72 Å². The highest BCUT2D eigenvalue weighted by molar-refractivity contribution is 5.78. The van der Waals surface area contributed by atoms with E-state index in [-0.39, 0.29) is 13.0 Å². The Hall–Kier alpha value is -2.08. The summed E-state index contributed by atoms with van der Waals surface area (Å²) in [7, 11) is 0. The second-order valence-corrected chi connectivity index (χ2v) is 4.21. The molecule has 0 heterocycles. The Balaban J connectivity index is 1.79. The van der Waals surface area contributed by atoms with Crippen LogP contribution in [0.5, 0.6) is 0 Å². The largest absolute Gasteiger partial charge is 0.481 e. The van der Waals surface area contributed by atoms with Gasteiger partial charge in [0, 0.05) is 6.42 Å². The van der Waals surface area contributed by atoms with Crippen molar-refractivity contribution in [2.24, 2.45) is 5.92 Å². The van der Waals surface area contributed by atoms with Gasteiger partial charge in [0.25, 0.3) is 0 Å². The Labute approximate surface area is 103 Å². The molecule has 0 aromatic heterocycles. The zero-order chi connectivity index (χ0) is 13.2. The van der Waals surface area contributed by atoms with Crippen molar-refractivity contribution in [3.63, 3.8) is 0 Å². The summed E-state index contributed by atoms with van der Waals surface area (Å²) in [5.41, 5.74) is -0.857. The van der Waals surface area contributed by atoms with Gasteiger partial charge in [-0.3, -0.25) is 10.1 Å². The third-order valence-corrected chi connectivity index (χ3v) is 2.76. The average molecular weight is 251 g/mol.